The lowest BCUT2D eigenvalue weighted by Crippen LogP contribution is -2.30. The second-order valence-corrected chi connectivity index (χ2v) is 21.3. The Morgan fingerprint density at radius 2 is 0.519 bits per heavy atom. The van der Waals surface area contributed by atoms with Crippen LogP contribution in [0.25, 0.3) is 0 Å². The Balaban J connectivity index is 4.02. The Morgan fingerprint density at radius 3 is 0.831 bits per heavy atom. The van der Waals surface area contributed by atoms with E-state index in [0.717, 1.165) is 103 Å². The standard InChI is InChI=1S/C71H120O6/c1-4-7-10-13-16-18-20-22-24-26-27-28-29-30-31-32-33-34-35-36-37-38-39-40-41-42-43-45-46-48-50-52-55-58-61-64-70(73)76-67-68(66-75-69(72)63-60-57-54-15-12-9-6-3)77-71(74)65-62-59-56-53-51-49-47-44-25-23-21-19-17-14-11-8-5-2/h7-8,10-11,16-19,22-25,27-28,47,49,53,56,68H,4-6,9,12-15,20-21,26,29-46,48,50-52,54-55,57-67H2,1-3H3/b10-7-,11-8-,18-16-,19-17-,24-22-,25-23-,28-27-,49-47-,56-53-. The summed E-state index contributed by atoms with van der Waals surface area (Å²) in [6.45, 7) is 6.34. The molecule has 0 N–H and O–H groups in total. The van der Waals surface area contributed by atoms with Gasteiger partial charge in [0.25, 0.3) is 0 Å². The molecule has 0 amide bonds. The fourth-order valence-electron chi connectivity index (χ4n) is 9.00. The van der Waals surface area contributed by atoms with Crippen molar-refractivity contribution in [2.75, 3.05) is 13.2 Å². The van der Waals surface area contributed by atoms with Gasteiger partial charge in [-0.2, -0.15) is 0 Å². The van der Waals surface area contributed by atoms with Crippen LogP contribution in [0, 0.1) is 0 Å². The van der Waals surface area contributed by atoms with E-state index in [9.17, 15) is 14.4 Å². The first-order valence-electron chi connectivity index (χ1n) is 32.4. The van der Waals surface area contributed by atoms with Crippen molar-refractivity contribution in [2.45, 2.75) is 309 Å². The van der Waals surface area contributed by atoms with Crippen LogP contribution in [0.3, 0.4) is 0 Å². The molecule has 0 fully saturated rings. The van der Waals surface area contributed by atoms with E-state index in [4.69, 9.17) is 14.2 Å². The summed E-state index contributed by atoms with van der Waals surface area (Å²) in [5.74, 6) is -0.956. The number of hydrogen-bond donors (Lipinski definition) is 0. The van der Waals surface area contributed by atoms with E-state index in [-0.39, 0.29) is 37.5 Å². The van der Waals surface area contributed by atoms with Gasteiger partial charge in [-0.1, -0.05) is 297 Å². The number of carbonyl (C=O) groups excluding carboxylic acids is 3. The largest absolute Gasteiger partial charge is 0.462 e. The maximum absolute atomic E-state index is 12.8. The molecule has 0 radical (unpaired) electrons. The van der Waals surface area contributed by atoms with Crippen molar-refractivity contribution in [2.24, 2.45) is 0 Å². The molecule has 0 aromatic rings. The molecule has 6 nitrogen and oxygen atoms in total. The van der Waals surface area contributed by atoms with Crippen LogP contribution < -0.4 is 0 Å². The highest BCUT2D eigenvalue weighted by Gasteiger charge is 2.19. The van der Waals surface area contributed by atoms with Crippen LogP contribution in [-0.4, -0.2) is 37.2 Å². The zero-order chi connectivity index (χ0) is 55.7. The summed E-state index contributed by atoms with van der Waals surface area (Å²) in [5, 5.41) is 0. The molecule has 1 atom stereocenters. The monoisotopic (exact) mass is 1070 g/mol. The maximum Gasteiger partial charge on any atom is 0.306 e. The summed E-state index contributed by atoms with van der Waals surface area (Å²) in [6, 6.07) is 0. The molecule has 0 aliphatic rings. The lowest BCUT2D eigenvalue weighted by atomic mass is 10.0. The van der Waals surface area contributed by atoms with Gasteiger partial charge in [0, 0.05) is 19.3 Å². The summed E-state index contributed by atoms with van der Waals surface area (Å²) >= 11 is 0. The van der Waals surface area contributed by atoms with Gasteiger partial charge in [-0.3, -0.25) is 14.4 Å². The Hall–Kier alpha value is -3.93. The van der Waals surface area contributed by atoms with Crippen LogP contribution >= 0.6 is 0 Å². The summed E-state index contributed by atoms with van der Waals surface area (Å²) in [4.78, 5) is 38.0. The summed E-state index contributed by atoms with van der Waals surface area (Å²) in [7, 11) is 0. The summed E-state index contributed by atoms with van der Waals surface area (Å²) in [6.07, 6.45) is 88.7. The highest BCUT2D eigenvalue weighted by molar-refractivity contribution is 5.71. The number of ether oxygens (including phenoxy) is 3. The van der Waals surface area contributed by atoms with Crippen molar-refractivity contribution < 1.29 is 28.6 Å². The normalized spacial score (nSPS) is 12.8. The first-order chi connectivity index (χ1) is 38.0. The summed E-state index contributed by atoms with van der Waals surface area (Å²) in [5.41, 5.74) is 0. The van der Waals surface area contributed by atoms with E-state index >= 15 is 0 Å². The van der Waals surface area contributed by atoms with Crippen molar-refractivity contribution in [3.8, 4) is 0 Å². The van der Waals surface area contributed by atoms with Crippen molar-refractivity contribution in [1.29, 1.82) is 0 Å². The molecule has 0 aromatic carbocycles. The average molecular weight is 1070 g/mol. The minimum atomic E-state index is -0.804. The summed E-state index contributed by atoms with van der Waals surface area (Å²) < 4.78 is 16.8. The number of hydrogen-bond acceptors (Lipinski definition) is 6. The minimum absolute atomic E-state index is 0.0973. The van der Waals surface area contributed by atoms with Crippen molar-refractivity contribution in [3.05, 3.63) is 109 Å². The van der Waals surface area contributed by atoms with E-state index in [1.807, 2.05) is 0 Å². The molecule has 0 aliphatic carbocycles. The number of rotatable bonds is 58. The molecule has 440 valence electrons. The smallest absolute Gasteiger partial charge is 0.306 e. The molecular formula is C71H120O6. The van der Waals surface area contributed by atoms with Gasteiger partial charge >= 0.3 is 17.9 Å². The fraction of sp³-hybridized carbons (Fsp3) is 0.704. The lowest BCUT2D eigenvalue weighted by molar-refractivity contribution is -0.167. The van der Waals surface area contributed by atoms with E-state index < -0.39 is 6.10 Å². The zero-order valence-electron chi connectivity index (χ0n) is 50.4. The van der Waals surface area contributed by atoms with E-state index in [1.54, 1.807) is 0 Å². The third-order valence-electron chi connectivity index (χ3n) is 13.8. The zero-order valence-corrected chi connectivity index (χ0v) is 50.4. The predicted molar refractivity (Wildman–Crippen MR) is 334 cm³/mol. The van der Waals surface area contributed by atoms with Gasteiger partial charge < -0.3 is 14.2 Å². The van der Waals surface area contributed by atoms with Crippen LogP contribution in [0.2, 0.25) is 0 Å². The first-order valence-corrected chi connectivity index (χ1v) is 32.4. The molecule has 77 heavy (non-hydrogen) atoms. The van der Waals surface area contributed by atoms with Crippen LogP contribution in [0.1, 0.15) is 303 Å². The Labute approximate surface area is 476 Å². The molecule has 0 bridgehead atoms. The molecule has 1 unspecified atom stereocenters. The number of esters is 3. The molecule has 0 heterocycles. The number of unbranched alkanes of at least 4 members (excludes halogenated alkanes) is 29. The fourth-order valence-corrected chi connectivity index (χ4v) is 9.00. The molecule has 0 saturated carbocycles. The predicted octanol–water partition coefficient (Wildman–Crippen LogP) is 22.2. The number of carbonyl (C=O) groups is 3. The molecular weight excluding hydrogens is 949 g/mol. The van der Waals surface area contributed by atoms with Gasteiger partial charge in [0.05, 0.1) is 0 Å². The molecule has 0 saturated heterocycles. The highest BCUT2D eigenvalue weighted by atomic mass is 16.6. The lowest BCUT2D eigenvalue weighted by Gasteiger charge is -2.18. The van der Waals surface area contributed by atoms with Crippen molar-refractivity contribution in [3.63, 3.8) is 0 Å². The molecule has 0 rings (SSSR count). The molecule has 6 heteroatoms. The van der Waals surface area contributed by atoms with Crippen molar-refractivity contribution in [1.82, 2.24) is 0 Å². The van der Waals surface area contributed by atoms with Crippen LogP contribution in [0.5, 0.6) is 0 Å². The second kappa shape index (κ2) is 64.6. The van der Waals surface area contributed by atoms with E-state index in [0.29, 0.717) is 19.3 Å². The van der Waals surface area contributed by atoms with Gasteiger partial charge in [0.15, 0.2) is 6.10 Å². The van der Waals surface area contributed by atoms with Gasteiger partial charge in [0.2, 0.25) is 0 Å². The van der Waals surface area contributed by atoms with E-state index in [2.05, 4.69) is 130 Å². The Bertz CT molecular complexity index is 1560. The van der Waals surface area contributed by atoms with Crippen molar-refractivity contribution >= 4 is 17.9 Å². The maximum atomic E-state index is 12.8. The van der Waals surface area contributed by atoms with Gasteiger partial charge in [-0.25, -0.2) is 0 Å². The second-order valence-electron chi connectivity index (χ2n) is 21.3. The Morgan fingerprint density at radius 1 is 0.273 bits per heavy atom. The van der Waals surface area contributed by atoms with Gasteiger partial charge in [-0.05, 0) is 96.3 Å². The van der Waals surface area contributed by atoms with Gasteiger partial charge in [-0.15, -0.1) is 0 Å². The van der Waals surface area contributed by atoms with Crippen LogP contribution in [0.15, 0.2) is 109 Å². The van der Waals surface area contributed by atoms with E-state index in [1.165, 1.54) is 154 Å². The molecule has 0 aromatic heterocycles. The molecule has 0 aliphatic heterocycles. The Kier molecular flexibility index (Phi) is 61.3. The minimum Gasteiger partial charge on any atom is -0.462 e. The third-order valence-corrected chi connectivity index (χ3v) is 13.8. The molecule has 0 spiro atoms. The number of allylic oxidation sites excluding steroid dienone is 18. The first kappa shape index (κ1) is 73.1. The average Bonchev–Trinajstić information content (AvgIpc) is 3.43. The third kappa shape index (κ3) is 62.8. The SMILES string of the molecule is CC/C=C\C/C=C\C/C=C\C/C=C\C/C=C\CCCC(=O)OC(COC(=O)CCCCCCCCC)COC(=O)CCCCCCCCCCCCCCCCCCCCCCCC/C=C\C/C=C\C/C=C\C/C=C\CC. The van der Waals surface area contributed by atoms with Crippen LogP contribution in [0.4, 0.5) is 0 Å². The van der Waals surface area contributed by atoms with Crippen LogP contribution in [-0.2, 0) is 28.6 Å². The van der Waals surface area contributed by atoms with Gasteiger partial charge in [0.1, 0.15) is 13.2 Å². The highest BCUT2D eigenvalue weighted by Crippen LogP contribution is 2.17. The quantitative estimate of drug-likeness (QED) is 0.0261. The topological polar surface area (TPSA) is 78.9 Å².